The van der Waals surface area contributed by atoms with Crippen molar-refractivity contribution >= 4 is 5.91 Å². The van der Waals surface area contributed by atoms with Crippen molar-refractivity contribution in [2.75, 3.05) is 0 Å². The van der Waals surface area contributed by atoms with Crippen molar-refractivity contribution in [3.05, 3.63) is 18.0 Å². The van der Waals surface area contributed by atoms with Crippen LogP contribution >= 0.6 is 0 Å². The van der Waals surface area contributed by atoms with E-state index >= 15 is 0 Å². The minimum atomic E-state index is -0.0362. The van der Waals surface area contributed by atoms with Crippen LogP contribution in [0.4, 0.5) is 0 Å². The highest BCUT2D eigenvalue weighted by atomic mass is 16.2. The average Bonchev–Trinajstić information content (AvgIpc) is 3.03. The second-order valence-electron chi connectivity index (χ2n) is 5.98. The van der Waals surface area contributed by atoms with Gasteiger partial charge in [-0.3, -0.25) is 9.48 Å². The number of aryl methyl sites for hydroxylation is 1. The van der Waals surface area contributed by atoms with E-state index in [0.29, 0.717) is 11.6 Å². The molecule has 0 aliphatic heterocycles. The number of nitrogens with one attached hydrogen (secondary N) is 1. The highest BCUT2D eigenvalue weighted by Gasteiger charge is 2.42. The fraction of sp³-hybridized carbons (Fsp3) is 0.714. The van der Waals surface area contributed by atoms with Gasteiger partial charge in [-0.15, -0.1) is 0 Å². The van der Waals surface area contributed by atoms with Crippen LogP contribution in [0.25, 0.3) is 0 Å². The lowest BCUT2D eigenvalue weighted by molar-refractivity contribution is 0.0909. The number of hydrogen-bond acceptors (Lipinski definition) is 2. The van der Waals surface area contributed by atoms with Gasteiger partial charge in [0.05, 0.1) is 0 Å². The summed E-state index contributed by atoms with van der Waals surface area (Å²) in [5.41, 5.74) is 0.521. The first-order valence-electron chi connectivity index (χ1n) is 6.94. The second-order valence-corrected chi connectivity index (χ2v) is 5.98. The lowest BCUT2D eigenvalue weighted by atomic mass is 9.84. The lowest BCUT2D eigenvalue weighted by Crippen LogP contribution is -2.40. The maximum atomic E-state index is 12.0. The maximum Gasteiger partial charge on any atom is 0.271 e. The molecule has 2 saturated carbocycles. The number of carbonyl (C=O) groups is 1. The van der Waals surface area contributed by atoms with Crippen molar-refractivity contribution in [1.82, 2.24) is 15.1 Å². The molecule has 0 radical (unpaired) electrons. The SMILES string of the molecule is C[C@H](NC(=O)c1ccn(C)n1)[C@H]1C[C@@H]2CC[C@@H]1C2. The van der Waals surface area contributed by atoms with Crippen molar-refractivity contribution in [1.29, 1.82) is 0 Å². The largest absolute Gasteiger partial charge is 0.348 e. The van der Waals surface area contributed by atoms with Gasteiger partial charge in [0.15, 0.2) is 0 Å². The first-order valence-corrected chi connectivity index (χ1v) is 6.94. The van der Waals surface area contributed by atoms with Gasteiger partial charge in [-0.05, 0) is 50.0 Å². The third-order valence-corrected chi connectivity index (χ3v) is 4.74. The molecule has 18 heavy (non-hydrogen) atoms. The molecule has 2 fully saturated rings. The van der Waals surface area contributed by atoms with Crippen molar-refractivity contribution < 1.29 is 4.79 Å². The average molecular weight is 247 g/mol. The molecule has 0 aromatic carbocycles. The van der Waals surface area contributed by atoms with E-state index in [9.17, 15) is 4.79 Å². The van der Waals surface area contributed by atoms with E-state index in [1.165, 1.54) is 25.7 Å². The van der Waals surface area contributed by atoms with Crippen LogP contribution in [0.2, 0.25) is 0 Å². The van der Waals surface area contributed by atoms with Gasteiger partial charge in [-0.1, -0.05) is 6.42 Å². The quantitative estimate of drug-likeness (QED) is 0.887. The number of rotatable bonds is 3. The Balaban J connectivity index is 1.61. The molecule has 0 unspecified atom stereocenters. The van der Waals surface area contributed by atoms with Gasteiger partial charge in [0.2, 0.25) is 0 Å². The number of hydrogen-bond donors (Lipinski definition) is 1. The molecular weight excluding hydrogens is 226 g/mol. The van der Waals surface area contributed by atoms with E-state index in [1.54, 1.807) is 16.9 Å². The maximum absolute atomic E-state index is 12.0. The highest BCUT2D eigenvalue weighted by Crippen LogP contribution is 2.49. The normalized spacial score (nSPS) is 31.6. The third-order valence-electron chi connectivity index (χ3n) is 4.74. The molecular formula is C14H21N3O. The van der Waals surface area contributed by atoms with Gasteiger partial charge in [0, 0.05) is 19.3 Å². The zero-order valence-electron chi connectivity index (χ0n) is 11.1. The monoisotopic (exact) mass is 247 g/mol. The number of carbonyl (C=O) groups excluding carboxylic acids is 1. The van der Waals surface area contributed by atoms with Gasteiger partial charge in [-0.2, -0.15) is 5.10 Å². The topological polar surface area (TPSA) is 46.9 Å². The Kier molecular flexibility index (Phi) is 2.88. The minimum absolute atomic E-state index is 0.0362. The summed E-state index contributed by atoms with van der Waals surface area (Å²) in [7, 11) is 1.83. The van der Waals surface area contributed by atoms with Crippen molar-refractivity contribution in [3.8, 4) is 0 Å². The van der Waals surface area contributed by atoms with Gasteiger partial charge in [0.1, 0.15) is 5.69 Å². The lowest BCUT2D eigenvalue weighted by Gasteiger charge is -2.28. The molecule has 4 nitrogen and oxygen atoms in total. The standard InChI is InChI=1S/C14H21N3O/c1-9(12-8-10-3-4-11(12)7-10)15-14(18)13-5-6-17(2)16-13/h5-6,9-12H,3-4,7-8H2,1-2H3,(H,15,18)/t9-,10+,11+,12+/m0/s1. The molecule has 1 N–H and O–H groups in total. The molecule has 1 aromatic heterocycles. The molecule has 98 valence electrons. The van der Waals surface area contributed by atoms with E-state index in [0.717, 1.165) is 11.8 Å². The minimum Gasteiger partial charge on any atom is -0.348 e. The molecule has 1 amide bonds. The summed E-state index contributed by atoms with van der Waals surface area (Å²) in [5, 5.41) is 7.26. The van der Waals surface area contributed by atoms with Gasteiger partial charge in [-0.25, -0.2) is 0 Å². The number of aromatic nitrogens is 2. The Morgan fingerprint density at radius 1 is 1.50 bits per heavy atom. The molecule has 4 atom stereocenters. The predicted molar refractivity (Wildman–Crippen MR) is 69.1 cm³/mol. The molecule has 2 bridgehead atoms. The summed E-state index contributed by atoms with van der Waals surface area (Å²) in [6, 6.07) is 2.04. The summed E-state index contributed by atoms with van der Waals surface area (Å²) in [4.78, 5) is 12.0. The third kappa shape index (κ3) is 2.04. The van der Waals surface area contributed by atoms with E-state index in [2.05, 4.69) is 17.3 Å². The van der Waals surface area contributed by atoms with E-state index in [4.69, 9.17) is 0 Å². The van der Waals surface area contributed by atoms with E-state index in [-0.39, 0.29) is 11.9 Å². The number of nitrogens with zero attached hydrogens (tertiary/aromatic N) is 2. The Morgan fingerprint density at radius 2 is 2.33 bits per heavy atom. The summed E-state index contributed by atoms with van der Waals surface area (Å²) in [5.74, 6) is 2.41. The van der Waals surface area contributed by atoms with E-state index in [1.807, 2.05) is 7.05 Å². The zero-order chi connectivity index (χ0) is 12.7. The van der Waals surface area contributed by atoms with E-state index < -0.39 is 0 Å². The van der Waals surface area contributed by atoms with Crippen LogP contribution in [0.1, 0.15) is 43.1 Å². The van der Waals surface area contributed by atoms with Crippen LogP contribution in [0.15, 0.2) is 12.3 Å². The molecule has 0 spiro atoms. The van der Waals surface area contributed by atoms with Crippen molar-refractivity contribution in [2.45, 2.75) is 38.6 Å². The fourth-order valence-electron chi connectivity index (χ4n) is 3.83. The Bertz CT molecular complexity index is 454. The molecule has 4 heteroatoms. The molecule has 2 aliphatic carbocycles. The summed E-state index contributed by atoms with van der Waals surface area (Å²) in [6.45, 7) is 2.15. The highest BCUT2D eigenvalue weighted by molar-refractivity contribution is 5.92. The second kappa shape index (κ2) is 4.41. The molecule has 1 heterocycles. The van der Waals surface area contributed by atoms with Crippen LogP contribution in [-0.4, -0.2) is 21.7 Å². The molecule has 0 saturated heterocycles. The summed E-state index contributed by atoms with van der Waals surface area (Å²) in [6.07, 6.45) is 7.25. The van der Waals surface area contributed by atoms with Crippen LogP contribution in [-0.2, 0) is 7.05 Å². The van der Waals surface area contributed by atoms with Crippen molar-refractivity contribution in [2.24, 2.45) is 24.8 Å². The number of amides is 1. The van der Waals surface area contributed by atoms with Crippen LogP contribution in [0.3, 0.4) is 0 Å². The van der Waals surface area contributed by atoms with Gasteiger partial charge in [0.25, 0.3) is 5.91 Å². The fourth-order valence-corrected chi connectivity index (χ4v) is 3.83. The first-order chi connectivity index (χ1) is 8.63. The molecule has 2 aliphatic rings. The molecule has 1 aromatic rings. The predicted octanol–water partition coefficient (Wildman–Crippen LogP) is 1.97. The Morgan fingerprint density at radius 3 is 2.89 bits per heavy atom. The van der Waals surface area contributed by atoms with Crippen LogP contribution < -0.4 is 5.32 Å². The zero-order valence-corrected chi connectivity index (χ0v) is 11.1. The van der Waals surface area contributed by atoms with Crippen LogP contribution in [0.5, 0.6) is 0 Å². The first kappa shape index (κ1) is 11.8. The smallest absolute Gasteiger partial charge is 0.271 e. The molecule has 3 rings (SSSR count). The van der Waals surface area contributed by atoms with Gasteiger partial charge < -0.3 is 5.32 Å². The summed E-state index contributed by atoms with van der Waals surface area (Å²) < 4.78 is 1.66. The van der Waals surface area contributed by atoms with Crippen LogP contribution in [0, 0.1) is 17.8 Å². The number of fused-ring (bicyclic) bond motifs is 2. The Hall–Kier alpha value is -1.32. The van der Waals surface area contributed by atoms with Crippen molar-refractivity contribution in [3.63, 3.8) is 0 Å². The summed E-state index contributed by atoms with van der Waals surface area (Å²) >= 11 is 0. The van der Waals surface area contributed by atoms with Gasteiger partial charge >= 0.3 is 0 Å². The Labute approximate surface area is 108 Å².